The first kappa shape index (κ1) is 11.4. The molecule has 3 unspecified atom stereocenters. The van der Waals surface area contributed by atoms with Gasteiger partial charge in [0.2, 0.25) is 0 Å². The first-order valence-electron chi connectivity index (χ1n) is 17.1. The van der Waals surface area contributed by atoms with E-state index in [2.05, 4.69) is 0 Å². The fourth-order valence-corrected chi connectivity index (χ4v) is 3.29. The summed E-state index contributed by atoms with van der Waals surface area (Å²) in [6, 6.07) is -5.59. The zero-order valence-electron chi connectivity index (χ0n) is 32.7. The highest BCUT2D eigenvalue weighted by atomic mass is 16.5. The molecule has 6 nitrogen and oxygen atoms in total. The summed E-state index contributed by atoms with van der Waals surface area (Å²) in [5, 5.41) is 0. The fraction of sp³-hybridized carbons (Fsp3) is 0.720. The summed E-state index contributed by atoms with van der Waals surface area (Å²) in [4.78, 5) is 13.4. The minimum Gasteiger partial charge on any atom is -0.493 e. The summed E-state index contributed by atoms with van der Waals surface area (Å²) in [5.74, 6) is -6.11. The van der Waals surface area contributed by atoms with Crippen molar-refractivity contribution < 1.29 is 38.2 Å². The molecule has 0 saturated carbocycles. The molecule has 4 atom stereocenters. The van der Waals surface area contributed by atoms with Crippen molar-refractivity contribution in [1.29, 1.82) is 0 Å². The Kier molecular flexibility index (Phi) is 3.44. The zero-order chi connectivity index (χ0) is 35.3. The van der Waals surface area contributed by atoms with E-state index in [9.17, 15) is 11.6 Å². The number of nitrogens with two attached hydrogens (primary N) is 1. The van der Waals surface area contributed by atoms with E-state index in [1.807, 2.05) is 0 Å². The van der Waals surface area contributed by atoms with Crippen LogP contribution in [0.15, 0.2) is 12.1 Å². The molecule has 2 N–H and O–H groups in total. The molecule has 1 aromatic carbocycles. The van der Waals surface area contributed by atoms with Crippen molar-refractivity contribution in [3.63, 3.8) is 0 Å². The Morgan fingerprint density at radius 3 is 2.71 bits per heavy atom. The van der Waals surface area contributed by atoms with Gasteiger partial charge in [0, 0.05) is 43.6 Å². The summed E-state index contributed by atoms with van der Waals surface area (Å²) in [6.45, 7) is 1.18. The lowest BCUT2D eigenvalue weighted by Crippen LogP contribution is -2.51. The molecule has 0 aliphatic carbocycles. The molecule has 0 amide bonds. The van der Waals surface area contributed by atoms with E-state index < -0.39 is 115 Å². The van der Waals surface area contributed by atoms with Crippen LogP contribution in [0, 0.1) is 17.2 Å². The van der Waals surface area contributed by atoms with E-state index in [-0.39, 0.29) is 4.90 Å². The van der Waals surface area contributed by atoms with E-state index in [1.54, 1.807) is 34.6 Å². The number of carbonyl (C=O) groups excluding carboxylic acids is 1. The van der Waals surface area contributed by atoms with Crippen LogP contribution in [0.5, 0.6) is 11.5 Å². The topological polar surface area (TPSA) is 74.0 Å². The molecule has 174 valence electrons. The summed E-state index contributed by atoms with van der Waals surface area (Å²) in [7, 11) is -2.23. The Morgan fingerprint density at radius 1 is 1.39 bits per heavy atom. The number of nitrogens with zero attached hydrogens (tertiary/aromatic N) is 1. The number of esters is 1. The highest BCUT2D eigenvalue weighted by Gasteiger charge is 2.42. The molecular weight excluding hydrogens is 392 g/mol. The molecule has 1 saturated heterocycles. The quantitative estimate of drug-likeness (QED) is 0.667. The second-order valence-corrected chi connectivity index (χ2v) is 9.14. The van der Waals surface area contributed by atoms with Crippen molar-refractivity contribution in [1.82, 2.24) is 4.90 Å². The zero-order valence-corrected chi connectivity index (χ0v) is 18.7. The second kappa shape index (κ2) is 9.37. The lowest BCUT2D eigenvalue weighted by Gasteiger charge is -2.48. The van der Waals surface area contributed by atoms with Crippen LogP contribution in [0.3, 0.4) is 0 Å². The average Bonchev–Trinajstić information content (AvgIpc) is 2.83. The lowest BCUT2D eigenvalue weighted by atomic mass is 9.75. The number of fused-ring (bicyclic) bond motifs is 3. The monoisotopic (exact) mass is 446 g/mol. The molecule has 3 rings (SSSR count). The van der Waals surface area contributed by atoms with E-state index in [4.69, 9.17) is 32.3 Å². The summed E-state index contributed by atoms with van der Waals surface area (Å²) in [5.41, 5.74) is 3.31. The van der Waals surface area contributed by atoms with Gasteiger partial charge in [-0.25, -0.2) is 0 Å². The van der Waals surface area contributed by atoms with Gasteiger partial charge in [-0.15, -0.1) is 0 Å². The third-order valence-corrected chi connectivity index (χ3v) is 4.94. The van der Waals surface area contributed by atoms with Crippen molar-refractivity contribution >= 4 is 5.97 Å². The Balaban J connectivity index is 2.55. The number of hydrogen-bond acceptors (Lipinski definition) is 6. The van der Waals surface area contributed by atoms with Crippen molar-refractivity contribution in [2.24, 2.45) is 23.0 Å². The van der Waals surface area contributed by atoms with Gasteiger partial charge in [-0.05, 0) is 47.3 Å². The predicted octanol–water partition coefficient (Wildman–Crippen LogP) is 3.95. The molecule has 0 bridgehead atoms. The summed E-state index contributed by atoms with van der Waals surface area (Å²) >= 11 is 0. The largest absolute Gasteiger partial charge is 0.493 e. The van der Waals surface area contributed by atoms with Gasteiger partial charge in [0.05, 0.1) is 21.0 Å². The summed E-state index contributed by atoms with van der Waals surface area (Å²) < 4.78 is 138. The molecule has 0 radical (unpaired) electrons. The minimum absolute atomic E-state index is 0.203. The lowest BCUT2D eigenvalue weighted by molar-refractivity contribution is -0.160. The molecule has 1 fully saturated rings. The SMILES string of the molecule is [2H]c1c(OC)c(OC([2H])([2H])[2H])c([2H])c2c1C1N(C([2H])([2H])C2([2H])[2H])C([2H])([2H])C([2H])(CC(C)(C)C)C(OC(=O)[C@@H](N)C(C)C)C1([2H])[2H]. The number of carbonyl (C=O) groups is 1. The highest BCUT2D eigenvalue weighted by molar-refractivity contribution is 5.76. The van der Waals surface area contributed by atoms with Gasteiger partial charge >= 0.3 is 5.97 Å². The van der Waals surface area contributed by atoms with Crippen LogP contribution >= 0.6 is 0 Å². The number of benzene rings is 1. The molecule has 1 aromatic rings. The van der Waals surface area contributed by atoms with Gasteiger partial charge in [-0.1, -0.05) is 34.6 Å². The Bertz CT molecular complexity index is 1340. The Labute approximate surface area is 207 Å². The van der Waals surface area contributed by atoms with Crippen molar-refractivity contribution in [3.05, 3.63) is 23.2 Å². The van der Waals surface area contributed by atoms with Gasteiger partial charge in [-0.3, -0.25) is 9.69 Å². The van der Waals surface area contributed by atoms with E-state index in [0.29, 0.717) is 0 Å². The number of piperidine rings is 1. The number of ether oxygens (including phenoxy) is 3. The van der Waals surface area contributed by atoms with Crippen LogP contribution in [0.2, 0.25) is 0 Å². The maximum atomic E-state index is 13.2. The fourth-order valence-electron chi connectivity index (χ4n) is 3.29. The highest BCUT2D eigenvalue weighted by Crippen LogP contribution is 2.45. The minimum atomic E-state index is -3.54. The van der Waals surface area contributed by atoms with Gasteiger partial charge in [0.15, 0.2) is 11.5 Å². The van der Waals surface area contributed by atoms with Crippen LogP contribution in [0.25, 0.3) is 0 Å². The predicted molar refractivity (Wildman–Crippen MR) is 122 cm³/mol. The van der Waals surface area contributed by atoms with Crippen LogP contribution in [0.1, 0.15) is 83.8 Å². The van der Waals surface area contributed by atoms with Crippen LogP contribution < -0.4 is 15.2 Å². The van der Waals surface area contributed by atoms with Crippen LogP contribution in [-0.4, -0.2) is 50.2 Å². The summed E-state index contributed by atoms with van der Waals surface area (Å²) in [6.07, 6.45) is -9.38. The first-order valence-corrected chi connectivity index (χ1v) is 10.1. The number of methoxy groups -OCH3 is 2. The molecule has 31 heavy (non-hydrogen) atoms. The van der Waals surface area contributed by atoms with Gasteiger partial charge in [-0.2, -0.15) is 0 Å². The molecule has 6 heteroatoms. The Hall–Kier alpha value is -1.79. The van der Waals surface area contributed by atoms with Crippen molar-refractivity contribution in [3.8, 4) is 11.5 Å². The van der Waals surface area contributed by atoms with Crippen molar-refractivity contribution in [2.45, 2.75) is 72.0 Å². The normalized spacial score (nSPS) is 40.8. The first-order chi connectivity index (χ1) is 19.9. The molecule has 0 spiro atoms. The van der Waals surface area contributed by atoms with E-state index in [0.717, 1.165) is 7.11 Å². The van der Waals surface area contributed by atoms with E-state index >= 15 is 0 Å². The van der Waals surface area contributed by atoms with Crippen molar-refractivity contribution in [2.75, 3.05) is 27.1 Å². The third kappa shape index (κ3) is 5.35. The Morgan fingerprint density at radius 2 is 2.10 bits per heavy atom. The average molecular weight is 447 g/mol. The van der Waals surface area contributed by atoms with E-state index in [1.165, 1.54) is 0 Å². The van der Waals surface area contributed by atoms with Gasteiger partial charge in [0.1, 0.15) is 12.1 Å². The molecule has 2 aliphatic heterocycles. The smallest absolute Gasteiger partial charge is 0.323 e. The second-order valence-electron chi connectivity index (χ2n) is 9.14. The third-order valence-electron chi connectivity index (χ3n) is 4.94. The van der Waals surface area contributed by atoms with Crippen LogP contribution in [0.4, 0.5) is 0 Å². The molecular formula is C25H40N2O4. The molecule has 2 aliphatic rings. The maximum absolute atomic E-state index is 13.2. The molecule has 2 heterocycles. The van der Waals surface area contributed by atoms with Gasteiger partial charge in [0.25, 0.3) is 0 Å². The number of rotatable bonds is 6. The number of hydrogen-bond donors (Lipinski definition) is 1. The van der Waals surface area contributed by atoms with Gasteiger partial charge < -0.3 is 19.9 Å². The molecule has 0 aromatic heterocycles. The maximum Gasteiger partial charge on any atom is 0.323 e. The standard InChI is InChI=1S/C25H40N2O4/c1-15(2)23(26)24(28)31-20-12-19-18-11-22(30-7)21(29-6)10-16(18)8-9-27(19)14-17(20)13-25(3,4)5/h10-11,15,17,19-20,23H,8-9,12-14,26H2,1-7H3/t17?,19?,20?,23-/m0/s1/i6D3,8D2,9D2,10D,11D,12D2,14D2,17D. The van der Waals surface area contributed by atoms with Crippen LogP contribution in [-0.2, 0) is 15.9 Å².